The first kappa shape index (κ1) is 6.88. The van der Waals surface area contributed by atoms with Crippen LogP contribution in [0, 0.1) is 0 Å². The SMILES string of the molecule is O=C1c2ccccc2SC1O. The van der Waals surface area contributed by atoms with Crippen molar-refractivity contribution in [3.8, 4) is 0 Å². The Morgan fingerprint density at radius 1 is 1.36 bits per heavy atom. The highest BCUT2D eigenvalue weighted by molar-refractivity contribution is 8.01. The van der Waals surface area contributed by atoms with Gasteiger partial charge in [0.15, 0.2) is 5.44 Å². The summed E-state index contributed by atoms with van der Waals surface area (Å²) in [7, 11) is 0. The summed E-state index contributed by atoms with van der Waals surface area (Å²) in [4.78, 5) is 12.0. The Kier molecular flexibility index (Phi) is 1.47. The first-order valence-corrected chi connectivity index (χ1v) is 4.15. The lowest BCUT2D eigenvalue weighted by Crippen LogP contribution is -2.09. The molecule has 0 aromatic heterocycles. The monoisotopic (exact) mass is 166 g/mol. The minimum atomic E-state index is -0.882. The van der Waals surface area contributed by atoms with Crippen LogP contribution in [-0.4, -0.2) is 16.3 Å². The molecule has 0 bridgehead atoms. The van der Waals surface area contributed by atoms with Crippen molar-refractivity contribution in [2.75, 3.05) is 0 Å². The van der Waals surface area contributed by atoms with Crippen molar-refractivity contribution in [2.24, 2.45) is 0 Å². The van der Waals surface area contributed by atoms with Gasteiger partial charge in [0.05, 0.1) is 0 Å². The zero-order valence-electron chi connectivity index (χ0n) is 5.65. The Bertz CT molecular complexity index is 309. The normalized spacial score (nSPS) is 21.9. The van der Waals surface area contributed by atoms with Gasteiger partial charge in [0.1, 0.15) is 0 Å². The van der Waals surface area contributed by atoms with E-state index in [4.69, 9.17) is 5.11 Å². The van der Waals surface area contributed by atoms with Gasteiger partial charge in [0, 0.05) is 10.5 Å². The number of ketones is 1. The van der Waals surface area contributed by atoms with E-state index in [9.17, 15) is 4.79 Å². The maximum Gasteiger partial charge on any atom is 0.203 e. The maximum atomic E-state index is 11.1. The Morgan fingerprint density at radius 3 is 2.82 bits per heavy atom. The fraction of sp³-hybridized carbons (Fsp3) is 0.125. The first-order valence-electron chi connectivity index (χ1n) is 3.27. The summed E-state index contributed by atoms with van der Waals surface area (Å²) in [5.41, 5.74) is -0.239. The number of thioether (sulfide) groups is 1. The largest absolute Gasteiger partial charge is 0.374 e. The van der Waals surface area contributed by atoms with Crippen molar-refractivity contribution < 1.29 is 9.90 Å². The Hall–Kier alpha value is -0.800. The highest BCUT2D eigenvalue weighted by atomic mass is 32.2. The van der Waals surface area contributed by atoms with Crippen LogP contribution in [-0.2, 0) is 0 Å². The molecular formula is C8H6O2S. The molecule has 0 spiro atoms. The Morgan fingerprint density at radius 2 is 2.09 bits per heavy atom. The van der Waals surface area contributed by atoms with E-state index in [0.717, 1.165) is 4.90 Å². The van der Waals surface area contributed by atoms with E-state index in [1.54, 1.807) is 12.1 Å². The number of benzene rings is 1. The molecule has 0 amide bonds. The molecule has 1 aromatic rings. The average Bonchev–Trinajstić information content (AvgIpc) is 2.30. The molecule has 2 nitrogen and oxygen atoms in total. The van der Waals surface area contributed by atoms with Crippen LogP contribution >= 0.6 is 11.8 Å². The molecule has 1 aliphatic heterocycles. The van der Waals surface area contributed by atoms with E-state index >= 15 is 0 Å². The third-order valence-electron chi connectivity index (χ3n) is 1.62. The number of Topliss-reactive ketones (excluding diaryl/α,β-unsaturated/α-hetero) is 1. The van der Waals surface area contributed by atoms with Crippen LogP contribution < -0.4 is 0 Å². The van der Waals surface area contributed by atoms with Crippen molar-refractivity contribution in [1.82, 2.24) is 0 Å². The smallest absolute Gasteiger partial charge is 0.203 e. The second-order valence-corrected chi connectivity index (χ2v) is 3.45. The number of carbonyl (C=O) groups is 1. The average molecular weight is 166 g/mol. The highest BCUT2D eigenvalue weighted by Gasteiger charge is 2.28. The summed E-state index contributed by atoms with van der Waals surface area (Å²) in [6.07, 6.45) is 0. The predicted molar refractivity (Wildman–Crippen MR) is 42.6 cm³/mol. The predicted octanol–water partition coefficient (Wildman–Crippen LogP) is 1.29. The van der Waals surface area contributed by atoms with Gasteiger partial charge in [-0.3, -0.25) is 4.79 Å². The van der Waals surface area contributed by atoms with Crippen molar-refractivity contribution in [3.05, 3.63) is 29.8 Å². The lowest BCUT2D eigenvalue weighted by molar-refractivity contribution is 0.0875. The van der Waals surface area contributed by atoms with Crippen molar-refractivity contribution in [2.45, 2.75) is 10.3 Å². The third-order valence-corrected chi connectivity index (χ3v) is 2.66. The number of hydrogen-bond acceptors (Lipinski definition) is 3. The van der Waals surface area contributed by atoms with Gasteiger partial charge in [-0.1, -0.05) is 30.0 Å². The van der Waals surface area contributed by atoms with Crippen molar-refractivity contribution in [1.29, 1.82) is 0 Å². The number of aliphatic hydroxyl groups is 1. The molecule has 0 saturated heterocycles. The van der Waals surface area contributed by atoms with Gasteiger partial charge in [-0.15, -0.1) is 0 Å². The fourth-order valence-electron chi connectivity index (χ4n) is 1.08. The topological polar surface area (TPSA) is 37.3 Å². The quantitative estimate of drug-likeness (QED) is 0.631. The van der Waals surface area contributed by atoms with Gasteiger partial charge in [0.2, 0.25) is 5.78 Å². The lowest BCUT2D eigenvalue weighted by atomic mass is 10.1. The second kappa shape index (κ2) is 2.36. The molecule has 1 heterocycles. The lowest BCUT2D eigenvalue weighted by Gasteiger charge is -1.91. The number of aliphatic hydroxyl groups excluding tert-OH is 1. The number of carbonyl (C=O) groups excluding carboxylic acids is 1. The number of fused-ring (bicyclic) bond motifs is 1. The summed E-state index contributed by atoms with van der Waals surface area (Å²) < 4.78 is 0. The molecule has 1 atom stereocenters. The van der Waals surface area contributed by atoms with Crippen LogP contribution in [0.5, 0.6) is 0 Å². The molecule has 1 aromatic carbocycles. The Balaban J connectivity index is 2.55. The van der Waals surface area contributed by atoms with Crippen LogP contribution in [0.25, 0.3) is 0 Å². The van der Waals surface area contributed by atoms with Gasteiger partial charge >= 0.3 is 0 Å². The van der Waals surface area contributed by atoms with Gasteiger partial charge in [-0.25, -0.2) is 0 Å². The van der Waals surface area contributed by atoms with Gasteiger partial charge in [-0.2, -0.15) is 0 Å². The molecule has 0 radical (unpaired) electrons. The van der Waals surface area contributed by atoms with Crippen molar-refractivity contribution >= 4 is 17.5 Å². The van der Waals surface area contributed by atoms with E-state index in [-0.39, 0.29) is 5.78 Å². The number of hydrogen-bond donors (Lipinski definition) is 1. The minimum absolute atomic E-state index is 0.175. The summed E-state index contributed by atoms with van der Waals surface area (Å²) >= 11 is 1.21. The van der Waals surface area contributed by atoms with E-state index in [0.29, 0.717) is 5.56 Å². The maximum absolute atomic E-state index is 11.1. The molecule has 1 aliphatic rings. The third kappa shape index (κ3) is 0.968. The van der Waals surface area contributed by atoms with E-state index in [1.165, 1.54) is 11.8 Å². The summed E-state index contributed by atoms with van der Waals surface area (Å²) in [6.45, 7) is 0. The Labute approximate surface area is 68.2 Å². The molecule has 1 N–H and O–H groups in total. The molecule has 0 aliphatic carbocycles. The van der Waals surface area contributed by atoms with Crippen LogP contribution in [0.4, 0.5) is 0 Å². The molecule has 11 heavy (non-hydrogen) atoms. The second-order valence-electron chi connectivity index (χ2n) is 2.33. The van der Waals surface area contributed by atoms with Crippen LogP contribution in [0.15, 0.2) is 29.2 Å². The van der Waals surface area contributed by atoms with Gasteiger partial charge < -0.3 is 5.11 Å². The zero-order valence-corrected chi connectivity index (χ0v) is 6.47. The van der Waals surface area contributed by atoms with E-state index < -0.39 is 5.44 Å². The molecule has 3 heteroatoms. The minimum Gasteiger partial charge on any atom is -0.374 e. The van der Waals surface area contributed by atoms with Crippen molar-refractivity contribution in [3.63, 3.8) is 0 Å². The number of rotatable bonds is 0. The first-order chi connectivity index (χ1) is 5.29. The van der Waals surface area contributed by atoms with Gasteiger partial charge in [0.25, 0.3) is 0 Å². The molecule has 0 fully saturated rings. The summed E-state index contributed by atoms with van der Waals surface area (Å²) in [6, 6.07) is 7.24. The van der Waals surface area contributed by atoms with Crippen LogP contribution in [0.1, 0.15) is 10.4 Å². The summed E-state index contributed by atoms with van der Waals surface area (Å²) in [5, 5.41) is 9.13. The molecule has 0 saturated carbocycles. The molecule has 2 rings (SSSR count). The highest BCUT2D eigenvalue weighted by Crippen LogP contribution is 2.34. The van der Waals surface area contributed by atoms with E-state index in [1.807, 2.05) is 12.1 Å². The molecule has 56 valence electrons. The zero-order chi connectivity index (χ0) is 7.84. The molecular weight excluding hydrogens is 160 g/mol. The van der Waals surface area contributed by atoms with Gasteiger partial charge in [-0.05, 0) is 6.07 Å². The molecule has 1 unspecified atom stereocenters. The standard InChI is InChI=1S/C8H6O2S/c9-7-5-3-1-2-4-6(5)11-8(7)10/h1-4,8,10H. The summed E-state index contributed by atoms with van der Waals surface area (Å²) in [5.74, 6) is -0.175. The van der Waals surface area contributed by atoms with Crippen LogP contribution in [0.3, 0.4) is 0 Å². The van der Waals surface area contributed by atoms with E-state index in [2.05, 4.69) is 0 Å². The fourth-order valence-corrected chi connectivity index (χ4v) is 2.01. The van der Waals surface area contributed by atoms with Crippen LogP contribution in [0.2, 0.25) is 0 Å².